The minimum atomic E-state index is -2.70. The maximum Gasteiger partial charge on any atom is 0.254 e. The van der Waals surface area contributed by atoms with Crippen LogP contribution >= 0.6 is 0 Å². The van der Waals surface area contributed by atoms with Gasteiger partial charge in [0.25, 0.3) is 12.3 Å². The molecule has 0 N–H and O–H groups in total. The molecule has 2 fully saturated rings. The van der Waals surface area contributed by atoms with E-state index in [1.54, 1.807) is 11.9 Å². The molecule has 2 aliphatic rings. The fourth-order valence-electron chi connectivity index (χ4n) is 3.24. The van der Waals surface area contributed by atoms with Gasteiger partial charge in [-0.2, -0.15) is 0 Å². The molecule has 0 saturated carbocycles. The van der Waals surface area contributed by atoms with E-state index < -0.39 is 29.6 Å². The quantitative estimate of drug-likeness (QED) is 0.860. The summed E-state index contributed by atoms with van der Waals surface area (Å²) < 4.78 is 40.1. The zero-order valence-corrected chi connectivity index (χ0v) is 11.6. The van der Waals surface area contributed by atoms with E-state index in [1.165, 1.54) is 17.3 Å². The number of carbonyl (C=O) groups excluding carboxylic acids is 1. The van der Waals surface area contributed by atoms with Crippen molar-refractivity contribution in [2.24, 2.45) is 5.41 Å². The summed E-state index contributed by atoms with van der Waals surface area (Å²) in [6.45, 7) is 2.15. The number of aromatic nitrogens is 1. The second kappa shape index (κ2) is 4.98. The van der Waals surface area contributed by atoms with E-state index >= 15 is 0 Å². The van der Waals surface area contributed by atoms with Crippen LogP contribution in [-0.4, -0.2) is 40.4 Å². The first-order chi connectivity index (χ1) is 9.99. The van der Waals surface area contributed by atoms with Crippen molar-refractivity contribution in [3.8, 4) is 0 Å². The van der Waals surface area contributed by atoms with Gasteiger partial charge >= 0.3 is 0 Å². The second-order valence-corrected chi connectivity index (χ2v) is 5.59. The second-order valence-electron chi connectivity index (χ2n) is 5.59. The highest BCUT2D eigenvalue weighted by Crippen LogP contribution is 2.46. The maximum absolute atomic E-state index is 13.4. The first-order valence-corrected chi connectivity index (χ1v) is 6.96. The zero-order valence-electron chi connectivity index (χ0n) is 11.6. The molecule has 4 nitrogen and oxygen atoms in total. The summed E-state index contributed by atoms with van der Waals surface area (Å²) in [5.74, 6) is -1.06. The molecule has 0 unspecified atom stereocenters. The molecule has 114 valence electrons. The lowest BCUT2D eigenvalue weighted by Crippen LogP contribution is -2.41. The van der Waals surface area contributed by atoms with Crippen LogP contribution in [0.25, 0.3) is 0 Å². The molecule has 7 heteroatoms. The van der Waals surface area contributed by atoms with Gasteiger partial charge < -0.3 is 0 Å². The van der Waals surface area contributed by atoms with E-state index in [1.807, 2.05) is 0 Å². The van der Waals surface area contributed by atoms with E-state index in [-0.39, 0.29) is 13.0 Å². The normalized spacial score (nSPS) is 29.5. The lowest BCUT2D eigenvalue weighted by atomic mass is 9.84. The largest absolute Gasteiger partial charge is 0.272 e. The van der Waals surface area contributed by atoms with E-state index in [4.69, 9.17) is 0 Å². The van der Waals surface area contributed by atoms with Gasteiger partial charge in [0, 0.05) is 19.3 Å². The van der Waals surface area contributed by atoms with Crippen LogP contribution in [0.5, 0.6) is 0 Å². The number of alkyl halides is 2. The summed E-state index contributed by atoms with van der Waals surface area (Å²) in [6, 6.07) is 0.899. The molecule has 2 saturated heterocycles. The molecule has 2 atom stereocenters. The van der Waals surface area contributed by atoms with Gasteiger partial charge in [-0.3, -0.25) is 14.8 Å². The van der Waals surface area contributed by atoms with Gasteiger partial charge in [0.15, 0.2) is 0 Å². The Morgan fingerprint density at radius 2 is 2.24 bits per heavy atom. The SMILES string of the molecule is CC[C@]1(C(F)F)CN2CC[C@@H](c3cncc(F)c3)N2C1=O. The third kappa shape index (κ3) is 2.02. The van der Waals surface area contributed by atoms with Gasteiger partial charge in [-0.25, -0.2) is 18.2 Å². The van der Waals surface area contributed by atoms with Crippen molar-refractivity contribution in [1.82, 2.24) is 15.0 Å². The minimum Gasteiger partial charge on any atom is -0.272 e. The Bertz CT molecular complexity index is 568. The Balaban J connectivity index is 1.94. The number of nitrogens with zero attached hydrogens (tertiary/aromatic N) is 3. The topological polar surface area (TPSA) is 36.4 Å². The Hall–Kier alpha value is -1.63. The Morgan fingerprint density at radius 3 is 2.86 bits per heavy atom. The number of hydrogen-bond donors (Lipinski definition) is 0. The number of fused-ring (bicyclic) bond motifs is 1. The molecule has 0 radical (unpaired) electrons. The summed E-state index contributed by atoms with van der Waals surface area (Å²) in [4.78, 5) is 16.3. The average Bonchev–Trinajstić information content (AvgIpc) is 2.98. The third-order valence-electron chi connectivity index (χ3n) is 4.52. The molecule has 1 amide bonds. The molecular formula is C14H16F3N3O. The first kappa shape index (κ1) is 14.3. The monoisotopic (exact) mass is 299 g/mol. The fourth-order valence-corrected chi connectivity index (χ4v) is 3.24. The number of hydrogen-bond acceptors (Lipinski definition) is 3. The molecule has 0 aliphatic carbocycles. The maximum atomic E-state index is 13.4. The Kier molecular flexibility index (Phi) is 3.39. The van der Waals surface area contributed by atoms with Crippen molar-refractivity contribution in [2.75, 3.05) is 13.1 Å². The van der Waals surface area contributed by atoms with Crippen LogP contribution in [-0.2, 0) is 4.79 Å². The smallest absolute Gasteiger partial charge is 0.254 e. The number of hydrazine groups is 1. The lowest BCUT2D eigenvalue weighted by Gasteiger charge is -2.27. The van der Waals surface area contributed by atoms with Gasteiger partial charge in [-0.1, -0.05) is 6.92 Å². The van der Waals surface area contributed by atoms with E-state index in [2.05, 4.69) is 4.98 Å². The molecule has 1 aromatic heterocycles. The lowest BCUT2D eigenvalue weighted by molar-refractivity contribution is -0.148. The Labute approximate surface area is 120 Å². The first-order valence-electron chi connectivity index (χ1n) is 6.96. The molecule has 3 rings (SSSR count). The molecule has 2 aliphatic heterocycles. The predicted molar refractivity (Wildman–Crippen MR) is 68.7 cm³/mol. The number of halogens is 3. The van der Waals surface area contributed by atoms with Crippen molar-refractivity contribution < 1.29 is 18.0 Å². The summed E-state index contributed by atoms with van der Waals surface area (Å²) >= 11 is 0. The standard InChI is InChI=1S/C14H16F3N3O/c1-2-14(12(16)17)8-19-4-3-11(20(19)13(14)21)9-5-10(15)7-18-6-9/h5-7,11-12H,2-4,8H2,1H3/t11-,14+/m0/s1. The van der Waals surface area contributed by atoms with Crippen LogP contribution in [0.4, 0.5) is 13.2 Å². The van der Waals surface area contributed by atoms with Crippen molar-refractivity contribution in [1.29, 1.82) is 0 Å². The molecule has 0 spiro atoms. The minimum absolute atomic E-state index is 0.0270. The van der Waals surface area contributed by atoms with Gasteiger partial charge in [-0.15, -0.1) is 0 Å². The van der Waals surface area contributed by atoms with Crippen molar-refractivity contribution in [2.45, 2.75) is 32.2 Å². The number of pyridine rings is 1. The summed E-state index contributed by atoms with van der Waals surface area (Å²) in [7, 11) is 0. The summed E-state index contributed by atoms with van der Waals surface area (Å²) in [6.07, 6.45) is 0.549. The molecule has 0 aromatic carbocycles. The molecule has 1 aromatic rings. The van der Waals surface area contributed by atoms with E-state index in [0.29, 0.717) is 18.5 Å². The van der Waals surface area contributed by atoms with Gasteiger partial charge in [0.05, 0.1) is 12.2 Å². The number of carbonyl (C=O) groups is 1. The zero-order chi connectivity index (χ0) is 15.2. The van der Waals surface area contributed by atoms with Crippen LogP contribution < -0.4 is 0 Å². The summed E-state index contributed by atoms with van der Waals surface area (Å²) in [5, 5.41) is 3.04. The van der Waals surface area contributed by atoms with Crippen LogP contribution in [0.15, 0.2) is 18.5 Å². The summed E-state index contributed by atoms with van der Waals surface area (Å²) in [5.41, 5.74) is -1.09. The van der Waals surface area contributed by atoms with E-state index in [0.717, 1.165) is 6.20 Å². The number of rotatable bonds is 3. The van der Waals surface area contributed by atoms with Crippen LogP contribution in [0.2, 0.25) is 0 Å². The van der Waals surface area contributed by atoms with Crippen LogP contribution in [0, 0.1) is 11.2 Å². The Morgan fingerprint density at radius 1 is 1.48 bits per heavy atom. The molecular weight excluding hydrogens is 283 g/mol. The molecule has 0 bridgehead atoms. The molecule has 21 heavy (non-hydrogen) atoms. The van der Waals surface area contributed by atoms with E-state index in [9.17, 15) is 18.0 Å². The molecule has 3 heterocycles. The predicted octanol–water partition coefficient (Wildman–Crippen LogP) is 2.39. The van der Waals surface area contributed by atoms with Gasteiger partial charge in [-0.05, 0) is 24.5 Å². The van der Waals surface area contributed by atoms with Gasteiger partial charge in [0.2, 0.25) is 0 Å². The van der Waals surface area contributed by atoms with Crippen molar-refractivity contribution >= 4 is 5.91 Å². The third-order valence-corrected chi connectivity index (χ3v) is 4.52. The highest BCUT2D eigenvalue weighted by Gasteiger charge is 2.59. The highest BCUT2D eigenvalue weighted by molar-refractivity contribution is 5.85. The van der Waals surface area contributed by atoms with Gasteiger partial charge in [0.1, 0.15) is 11.2 Å². The van der Waals surface area contributed by atoms with Crippen LogP contribution in [0.3, 0.4) is 0 Å². The van der Waals surface area contributed by atoms with Crippen molar-refractivity contribution in [3.05, 3.63) is 29.8 Å². The van der Waals surface area contributed by atoms with Crippen LogP contribution in [0.1, 0.15) is 31.4 Å². The average molecular weight is 299 g/mol. The highest BCUT2D eigenvalue weighted by atomic mass is 19.3. The fraction of sp³-hybridized carbons (Fsp3) is 0.571. The number of amides is 1. The van der Waals surface area contributed by atoms with Crippen molar-refractivity contribution in [3.63, 3.8) is 0 Å².